The van der Waals surface area contributed by atoms with Gasteiger partial charge in [0.05, 0.1) is 35.9 Å². The van der Waals surface area contributed by atoms with E-state index < -0.39 is 5.60 Å². The number of hydrogen-bond donors (Lipinski definition) is 1. The summed E-state index contributed by atoms with van der Waals surface area (Å²) in [4.78, 5) is 27.9. The van der Waals surface area contributed by atoms with Crippen molar-refractivity contribution >= 4 is 17.7 Å². The largest absolute Gasteiger partial charge is 0.495 e. The summed E-state index contributed by atoms with van der Waals surface area (Å²) in [6.45, 7) is 10.8. The zero-order valence-electron chi connectivity index (χ0n) is 22.5. The molecule has 2 aromatic carbocycles. The third-order valence-electron chi connectivity index (χ3n) is 6.52. The molecule has 2 heterocycles. The van der Waals surface area contributed by atoms with Crippen molar-refractivity contribution in [3.8, 4) is 11.4 Å². The Bertz CT molecular complexity index is 1280. The predicted octanol–water partition coefficient (Wildman–Crippen LogP) is 5.86. The molecule has 0 spiro atoms. The average molecular weight is 505 g/mol. The standard InChI is InChI=1S/C29H36N4O4/c1-19-11-12-24(20(2)17-19)33-26(21-13-15-32(16-14-21)28(35)37-29(3,4)5)22(18-30-33)27(34)31-23-9-7-8-10-25(23)36-6/h7-12,17-18,21H,13-16H2,1-6H3,(H,31,34). The number of nitrogens with zero attached hydrogens (tertiary/aromatic N) is 3. The van der Waals surface area contributed by atoms with Crippen LogP contribution in [0.2, 0.25) is 0 Å². The number of para-hydroxylation sites is 2. The van der Waals surface area contributed by atoms with Gasteiger partial charge in [0.15, 0.2) is 0 Å². The van der Waals surface area contributed by atoms with Crippen molar-refractivity contribution in [1.82, 2.24) is 14.7 Å². The number of amides is 2. The fraction of sp³-hybridized carbons (Fsp3) is 0.414. The molecule has 0 atom stereocenters. The summed E-state index contributed by atoms with van der Waals surface area (Å²) in [6.07, 6.45) is 2.73. The SMILES string of the molecule is COc1ccccc1NC(=O)c1cnn(-c2ccc(C)cc2C)c1C1CCN(C(=O)OC(C)(C)C)CC1. The third kappa shape index (κ3) is 5.96. The molecule has 1 aromatic heterocycles. The van der Waals surface area contributed by atoms with E-state index in [-0.39, 0.29) is 17.9 Å². The minimum atomic E-state index is -0.542. The van der Waals surface area contributed by atoms with Gasteiger partial charge >= 0.3 is 6.09 Å². The molecule has 1 aliphatic rings. The van der Waals surface area contributed by atoms with Crippen LogP contribution in [0.5, 0.6) is 5.75 Å². The van der Waals surface area contributed by atoms with E-state index in [0.29, 0.717) is 42.9 Å². The number of ether oxygens (including phenoxy) is 2. The van der Waals surface area contributed by atoms with Crippen LogP contribution in [0.25, 0.3) is 5.69 Å². The van der Waals surface area contributed by atoms with Gasteiger partial charge in [0.2, 0.25) is 0 Å². The smallest absolute Gasteiger partial charge is 0.410 e. The van der Waals surface area contributed by atoms with Crippen LogP contribution in [0.1, 0.15) is 66.7 Å². The summed E-state index contributed by atoms with van der Waals surface area (Å²) in [5, 5.41) is 7.68. The van der Waals surface area contributed by atoms with Gasteiger partial charge in [-0.1, -0.05) is 29.8 Å². The second kappa shape index (κ2) is 10.7. The van der Waals surface area contributed by atoms with Crippen LogP contribution < -0.4 is 10.1 Å². The van der Waals surface area contributed by atoms with Gasteiger partial charge in [0, 0.05) is 19.0 Å². The summed E-state index contributed by atoms with van der Waals surface area (Å²) in [6, 6.07) is 13.5. The first-order valence-electron chi connectivity index (χ1n) is 12.6. The molecule has 37 heavy (non-hydrogen) atoms. The molecule has 1 aliphatic heterocycles. The number of likely N-dealkylation sites (tertiary alicyclic amines) is 1. The Morgan fingerprint density at radius 2 is 1.76 bits per heavy atom. The quantitative estimate of drug-likeness (QED) is 0.470. The highest BCUT2D eigenvalue weighted by Crippen LogP contribution is 2.34. The number of benzene rings is 2. The number of nitrogens with one attached hydrogen (secondary N) is 1. The van der Waals surface area contributed by atoms with E-state index >= 15 is 0 Å². The first kappa shape index (κ1) is 26.3. The maximum atomic E-state index is 13.6. The molecule has 1 fully saturated rings. The van der Waals surface area contributed by atoms with Gasteiger partial charge in [-0.2, -0.15) is 5.10 Å². The molecular weight excluding hydrogens is 468 g/mol. The molecule has 2 amide bonds. The molecule has 3 aromatic rings. The van der Waals surface area contributed by atoms with E-state index in [1.54, 1.807) is 18.2 Å². The molecule has 8 nitrogen and oxygen atoms in total. The Labute approximate surface area is 218 Å². The predicted molar refractivity (Wildman–Crippen MR) is 144 cm³/mol. The molecule has 196 valence electrons. The number of carbonyl (C=O) groups is 2. The maximum absolute atomic E-state index is 13.6. The van der Waals surface area contributed by atoms with Gasteiger partial charge < -0.3 is 19.7 Å². The van der Waals surface area contributed by atoms with E-state index in [1.165, 1.54) is 0 Å². The first-order valence-corrected chi connectivity index (χ1v) is 12.6. The number of carbonyl (C=O) groups excluding carboxylic acids is 2. The van der Waals surface area contributed by atoms with Crippen LogP contribution in [0.3, 0.4) is 0 Å². The lowest BCUT2D eigenvalue weighted by Gasteiger charge is -2.34. The van der Waals surface area contributed by atoms with Crippen molar-refractivity contribution in [1.29, 1.82) is 0 Å². The van der Waals surface area contributed by atoms with E-state index in [9.17, 15) is 9.59 Å². The second-order valence-electron chi connectivity index (χ2n) is 10.5. The highest BCUT2D eigenvalue weighted by Gasteiger charge is 2.32. The molecular formula is C29H36N4O4. The van der Waals surface area contributed by atoms with Gasteiger partial charge in [-0.15, -0.1) is 0 Å². The zero-order valence-corrected chi connectivity index (χ0v) is 22.5. The van der Waals surface area contributed by atoms with Crippen LogP contribution in [-0.2, 0) is 4.74 Å². The van der Waals surface area contributed by atoms with E-state index in [2.05, 4.69) is 23.4 Å². The summed E-state index contributed by atoms with van der Waals surface area (Å²) in [5.74, 6) is 0.384. The van der Waals surface area contributed by atoms with Crippen LogP contribution >= 0.6 is 0 Å². The van der Waals surface area contributed by atoms with Crippen molar-refractivity contribution in [3.05, 3.63) is 71.0 Å². The summed E-state index contributed by atoms with van der Waals surface area (Å²) in [5.41, 5.74) is 4.59. The van der Waals surface area contributed by atoms with Crippen molar-refractivity contribution in [2.24, 2.45) is 0 Å². The molecule has 1 saturated heterocycles. The minimum absolute atomic E-state index is 0.0420. The van der Waals surface area contributed by atoms with E-state index in [1.807, 2.05) is 68.8 Å². The Kier molecular flexibility index (Phi) is 7.57. The lowest BCUT2D eigenvalue weighted by atomic mass is 9.90. The summed E-state index contributed by atoms with van der Waals surface area (Å²) in [7, 11) is 1.58. The van der Waals surface area contributed by atoms with Gasteiger partial charge in [-0.05, 0) is 71.2 Å². The highest BCUT2D eigenvalue weighted by atomic mass is 16.6. The monoisotopic (exact) mass is 504 g/mol. The van der Waals surface area contributed by atoms with E-state index in [0.717, 1.165) is 22.5 Å². The summed E-state index contributed by atoms with van der Waals surface area (Å²) < 4.78 is 12.9. The molecule has 0 radical (unpaired) electrons. The fourth-order valence-corrected chi connectivity index (χ4v) is 4.76. The molecule has 0 bridgehead atoms. The molecule has 0 saturated carbocycles. The Morgan fingerprint density at radius 1 is 1.05 bits per heavy atom. The number of piperidine rings is 1. The molecule has 0 unspecified atom stereocenters. The Morgan fingerprint density at radius 3 is 2.41 bits per heavy atom. The normalized spacial score (nSPS) is 14.4. The number of anilines is 1. The number of hydrogen-bond acceptors (Lipinski definition) is 5. The highest BCUT2D eigenvalue weighted by molar-refractivity contribution is 6.06. The number of methoxy groups -OCH3 is 1. The van der Waals surface area contributed by atoms with Crippen molar-refractivity contribution in [3.63, 3.8) is 0 Å². The Hall–Kier alpha value is -3.81. The third-order valence-corrected chi connectivity index (χ3v) is 6.52. The van der Waals surface area contributed by atoms with Crippen LogP contribution in [0.4, 0.5) is 10.5 Å². The van der Waals surface area contributed by atoms with Crippen LogP contribution in [-0.4, -0.2) is 52.5 Å². The lowest BCUT2D eigenvalue weighted by Crippen LogP contribution is -2.41. The number of rotatable bonds is 5. The summed E-state index contributed by atoms with van der Waals surface area (Å²) >= 11 is 0. The zero-order chi connectivity index (χ0) is 26.7. The van der Waals surface area contributed by atoms with E-state index in [4.69, 9.17) is 9.47 Å². The van der Waals surface area contributed by atoms with Gasteiger partial charge in [-0.25, -0.2) is 9.48 Å². The van der Waals surface area contributed by atoms with Gasteiger partial charge in [0.25, 0.3) is 5.91 Å². The lowest BCUT2D eigenvalue weighted by molar-refractivity contribution is 0.0203. The molecule has 0 aliphatic carbocycles. The fourth-order valence-electron chi connectivity index (χ4n) is 4.76. The van der Waals surface area contributed by atoms with Crippen LogP contribution in [0, 0.1) is 13.8 Å². The molecule has 8 heteroatoms. The maximum Gasteiger partial charge on any atom is 0.410 e. The topological polar surface area (TPSA) is 85.7 Å². The van der Waals surface area contributed by atoms with Crippen LogP contribution in [0.15, 0.2) is 48.7 Å². The Balaban J connectivity index is 1.66. The minimum Gasteiger partial charge on any atom is -0.495 e. The van der Waals surface area contributed by atoms with Gasteiger partial charge in [-0.3, -0.25) is 4.79 Å². The molecule has 4 rings (SSSR count). The van der Waals surface area contributed by atoms with Crippen molar-refractivity contribution < 1.29 is 19.1 Å². The molecule has 1 N–H and O–H groups in total. The number of aromatic nitrogens is 2. The first-order chi connectivity index (χ1) is 17.6. The number of aryl methyl sites for hydroxylation is 2. The van der Waals surface area contributed by atoms with Crippen molar-refractivity contribution in [2.45, 2.75) is 59.0 Å². The van der Waals surface area contributed by atoms with Gasteiger partial charge in [0.1, 0.15) is 11.4 Å². The average Bonchev–Trinajstić information content (AvgIpc) is 3.28. The van der Waals surface area contributed by atoms with Crippen molar-refractivity contribution in [2.75, 3.05) is 25.5 Å². The second-order valence-corrected chi connectivity index (χ2v) is 10.5.